The second-order valence-electron chi connectivity index (χ2n) is 6.87. The molecule has 0 radical (unpaired) electrons. The minimum atomic E-state index is -0.248. The zero-order valence-electron chi connectivity index (χ0n) is 16.2. The molecule has 7 nitrogen and oxygen atoms in total. The summed E-state index contributed by atoms with van der Waals surface area (Å²) in [5.41, 5.74) is 1.30. The van der Waals surface area contributed by atoms with Crippen LogP contribution in [0.4, 0.5) is 5.69 Å². The number of thioether (sulfide) groups is 1. The average molecular weight is 499 g/mol. The Bertz CT molecular complexity index is 1070. The number of carbonyl (C=O) groups is 1. The first-order valence-corrected chi connectivity index (χ1v) is 11.7. The lowest BCUT2D eigenvalue weighted by Crippen LogP contribution is -2.18. The number of nitrogens with one attached hydrogen (secondary N) is 1. The fourth-order valence-corrected chi connectivity index (χ4v) is 4.54. The number of hydrogen-bond acceptors (Lipinski definition) is 6. The van der Waals surface area contributed by atoms with Crippen LogP contribution in [0.15, 0.2) is 41.8 Å². The Morgan fingerprint density at radius 1 is 1.16 bits per heavy atom. The summed E-state index contributed by atoms with van der Waals surface area (Å²) in [5.74, 6) is 0.590. The fourth-order valence-electron chi connectivity index (χ4n) is 3.20. The van der Waals surface area contributed by atoms with Gasteiger partial charge in [0.15, 0.2) is 11.0 Å². The van der Waals surface area contributed by atoms with Gasteiger partial charge in [-0.25, -0.2) is 0 Å². The van der Waals surface area contributed by atoms with Crippen molar-refractivity contribution >= 4 is 58.2 Å². The van der Waals surface area contributed by atoms with Crippen LogP contribution >= 0.6 is 46.6 Å². The largest absolute Gasteiger partial charge is 0.376 e. The molecule has 0 saturated carbocycles. The van der Waals surface area contributed by atoms with Crippen LogP contribution in [0.3, 0.4) is 0 Å². The standard InChI is InChI=1S/C20H18Cl3N5O2S/c21-14-8-16(23)17(9-15(14)22)25-18(29)11-31-20-27-26-19(12-3-5-24-6-4-12)28(20)10-13-2-1-7-30-13/h3-6,8-9,13H,1-2,7,10-11H2,(H,25,29). The number of anilines is 1. The van der Waals surface area contributed by atoms with Gasteiger partial charge in [0.05, 0.1) is 39.2 Å². The first-order valence-electron chi connectivity index (χ1n) is 9.53. The first-order chi connectivity index (χ1) is 15.0. The lowest BCUT2D eigenvalue weighted by atomic mass is 10.2. The van der Waals surface area contributed by atoms with Gasteiger partial charge in [0, 0.05) is 24.6 Å². The lowest BCUT2D eigenvalue weighted by molar-refractivity contribution is -0.113. The Balaban J connectivity index is 1.49. The summed E-state index contributed by atoms with van der Waals surface area (Å²) in [6.45, 7) is 1.37. The van der Waals surface area contributed by atoms with Crippen LogP contribution in [0, 0.1) is 0 Å². The SMILES string of the molecule is O=C(CSc1nnc(-c2ccncc2)n1CC1CCCO1)Nc1cc(Cl)c(Cl)cc1Cl. The van der Waals surface area contributed by atoms with E-state index in [1.165, 1.54) is 23.9 Å². The molecule has 1 saturated heterocycles. The summed E-state index contributed by atoms with van der Waals surface area (Å²) in [7, 11) is 0. The van der Waals surface area contributed by atoms with Crippen molar-refractivity contribution in [2.24, 2.45) is 0 Å². The van der Waals surface area contributed by atoms with Crippen LogP contribution in [-0.2, 0) is 16.1 Å². The number of amides is 1. The maximum Gasteiger partial charge on any atom is 0.234 e. The highest BCUT2D eigenvalue weighted by atomic mass is 35.5. The molecule has 1 N–H and O–H groups in total. The summed E-state index contributed by atoms with van der Waals surface area (Å²) in [6.07, 6.45) is 5.53. The summed E-state index contributed by atoms with van der Waals surface area (Å²) in [5, 5.41) is 13.0. The molecule has 11 heteroatoms. The Hall–Kier alpha value is -1.84. The molecule has 31 heavy (non-hydrogen) atoms. The van der Waals surface area contributed by atoms with Crippen molar-refractivity contribution in [2.75, 3.05) is 17.7 Å². The van der Waals surface area contributed by atoms with E-state index in [2.05, 4.69) is 20.5 Å². The highest BCUT2D eigenvalue weighted by Gasteiger charge is 2.22. The van der Waals surface area contributed by atoms with Gasteiger partial charge in [0.1, 0.15) is 0 Å². The van der Waals surface area contributed by atoms with E-state index in [-0.39, 0.29) is 17.8 Å². The van der Waals surface area contributed by atoms with Crippen molar-refractivity contribution in [1.82, 2.24) is 19.7 Å². The lowest BCUT2D eigenvalue weighted by Gasteiger charge is -2.14. The van der Waals surface area contributed by atoms with Crippen molar-refractivity contribution in [3.8, 4) is 11.4 Å². The monoisotopic (exact) mass is 497 g/mol. The minimum absolute atomic E-state index is 0.0970. The molecule has 1 atom stereocenters. The normalized spacial score (nSPS) is 15.9. The van der Waals surface area contributed by atoms with Crippen LogP contribution in [0.1, 0.15) is 12.8 Å². The molecule has 4 rings (SSSR count). The van der Waals surface area contributed by atoms with E-state index in [9.17, 15) is 4.79 Å². The second kappa shape index (κ2) is 10.2. The molecule has 162 valence electrons. The average Bonchev–Trinajstić information content (AvgIpc) is 3.41. The molecule has 1 amide bonds. The van der Waals surface area contributed by atoms with Gasteiger partial charge in [-0.1, -0.05) is 46.6 Å². The molecule has 1 aliphatic rings. The van der Waals surface area contributed by atoms with E-state index >= 15 is 0 Å². The van der Waals surface area contributed by atoms with E-state index in [4.69, 9.17) is 39.5 Å². The van der Waals surface area contributed by atoms with Gasteiger partial charge in [-0.05, 0) is 37.1 Å². The van der Waals surface area contributed by atoms with Crippen LogP contribution in [0.2, 0.25) is 15.1 Å². The van der Waals surface area contributed by atoms with E-state index in [1.54, 1.807) is 12.4 Å². The third-order valence-electron chi connectivity index (χ3n) is 4.68. The van der Waals surface area contributed by atoms with E-state index < -0.39 is 0 Å². The number of aromatic nitrogens is 4. The molecule has 2 aromatic heterocycles. The van der Waals surface area contributed by atoms with Crippen molar-refractivity contribution in [3.63, 3.8) is 0 Å². The van der Waals surface area contributed by atoms with Crippen molar-refractivity contribution in [3.05, 3.63) is 51.7 Å². The topological polar surface area (TPSA) is 81.9 Å². The fraction of sp³-hybridized carbons (Fsp3) is 0.300. The van der Waals surface area contributed by atoms with Crippen LogP contribution < -0.4 is 5.32 Å². The van der Waals surface area contributed by atoms with Gasteiger partial charge >= 0.3 is 0 Å². The van der Waals surface area contributed by atoms with Crippen LogP contribution in [0.25, 0.3) is 11.4 Å². The summed E-state index contributed by atoms with van der Waals surface area (Å²) in [4.78, 5) is 16.6. The highest BCUT2D eigenvalue weighted by Crippen LogP contribution is 2.32. The zero-order valence-corrected chi connectivity index (χ0v) is 19.3. The molecular weight excluding hydrogens is 481 g/mol. The van der Waals surface area contributed by atoms with Crippen molar-refractivity contribution < 1.29 is 9.53 Å². The Kier molecular flexibility index (Phi) is 7.35. The molecule has 0 bridgehead atoms. The molecule has 1 unspecified atom stereocenters. The molecule has 3 heterocycles. The summed E-state index contributed by atoms with van der Waals surface area (Å²) in [6, 6.07) is 6.77. The number of halogens is 3. The predicted octanol–water partition coefficient (Wildman–Crippen LogP) is 5.21. The molecule has 0 spiro atoms. The Morgan fingerprint density at radius 2 is 1.94 bits per heavy atom. The third kappa shape index (κ3) is 5.51. The zero-order chi connectivity index (χ0) is 21.8. The van der Waals surface area contributed by atoms with Gasteiger partial charge in [-0.15, -0.1) is 10.2 Å². The molecule has 1 fully saturated rings. The Labute approximate surface area is 198 Å². The quantitative estimate of drug-likeness (QED) is 0.356. The number of nitrogens with zero attached hydrogens (tertiary/aromatic N) is 4. The maximum absolute atomic E-state index is 12.5. The first kappa shape index (κ1) is 22.4. The number of hydrogen-bond donors (Lipinski definition) is 1. The summed E-state index contributed by atoms with van der Waals surface area (Å²) < 4.78 is 7.79. The highest BCUT2D eigenvalue weighted by molar-refractivity contribution is 7.99. The number of pyridine rings is 1. The van der Waals surface area contributed by atoms with Gasteiger partial charge in [-0.3, -0.25) is 14.3 Å². The smallest absolute Gasteiger partial charge is 0.234 e. The second-order valence-corrected chi connectivity index (χ2v) is 9.03. The molecule has 1 aromatic carbocycles. The van der Waals surface area contributed by atoms with Gasteiger partial charge in [-0.2, -0.15) is 0 Å². The van der Waals surface area contributed by atoms with E-state index in [0.717, 1.165) is 25.0 Å². The maximum atomic E-state index is 12.5. The number of benzene rings is 1. The molecule has 1 aliphatic heterocycles. The molecule has 3 aromatic rings. The number of rotatable bonds is 7. The third-order valence-corrected chi connectivity index (χ3v) is 6.68. The molecular formula is C20H18Cl3N5O2S. The molecule has 0 aliphatic carbocycles. The van der Waals surface area contributed by atoms with Crippen LogP contribution in [-0.4, -0.2) is 44.1 Å². The summed E-state index contributed by atoms with van der Waals surface area (Å²) >= 11 is 19.4. The van der Waals surface area contributed by atoms with Gasteiger partial charge in [0.2, 0.25) is 5.91 Å². The van der Waals surface area contributed by atoms with E-state index in [0.29, 0.717) is 38.3 Å². The number of carbonyl (C=O) groups excluding carboxylic acids is 1. The Morgan fingerprint density at radius 3 is 2.68 bits per heavy atom. The van der Waals surface area contributed by atoms with Crippen molar-refractivity contribution in [2.45, 2.75) is 30.6 Å². The minimum Gasteiger partial charge on any atom is -0.376 e. The van der Waals surface area contributed by atoms with E-state index in [1.807, 2.05) is 16.7 Å². The van der Waals surface area contributed by atoms with Crippen LogP contribution in [0.5, 0.6) is 0 Å². The number of ether oxygens (including phenoxy) is 1. The van der Waals surface area contributed by atoms with Gasteiger partial charge < -0.3 is 10.1 Å². The van der Waals surface area contributed by atoms with Gasteiger partial charge in [0.25, 0.3) is 0 Å². The van der Waals surface area contributed by atoms with Crippen molar-refractivity contribution in [1.29, 1.82) is 0 Å². The predicted molar refractivity (Wildman–Crippen MR) is 123 cm³/mol.